The summed E-state index contributed by atoms with van der Waals surface area (Å²) in [6.07, 6.45) is 1.83. The third-order valence-electron chi connectivity index (χ3n) is 1.51. The molecule has 0 aliphatic carbocycles. The van der Waals surface area contributed by atoms with Crippen molar-refractivity contribution >= 4 is 12.0 Å². The van der Waals surface area contributed by atoms with Gasteiger partial charge in [-0.15, -0.1) is 0 Å². The molecular weight excluding hydrogens is 172 g/mol. The molecule has 0 heterocycles. The second-order valence-electron chi connectivity index (χ2n) is 2.66. The van der Waals surface area contributed by atoms with E-state index in [1.165, 1.54) is 0 Å². The molecule has 2 amide bonds. The highest BCUT2D eigenvalue weighted by molar-refractivity contribution is 5.85. The summed E-state index contributed by atoms with van der Waals surface area (Å²) in [6, 6.07) is -0.558. The summed E-state index contributed by atoms with van der Waals surface area (Å²) in [5.41, 5.74) is 5.01. The van der Waals surface area contributed by atoms with Crippen LogP contribution in [0.15, 0.2) is 12.2 Å². The van der Waals surface area contributed by atoms with E-state index in [0.29, 0.717) is 25.8 Å². The highest BCUT2D eigenvalue weighted by Crippen LogP contribution is 2.03. The van der Waals surface area contributed by atoms with E-state index >= 15 is 0 Å². The highest BCUT2D eigenvalue weighted by atomic mass is 16.4. The molecule has 0 aromatic carbocycles. The molecule has 5 nitrogen and oxygen atoms in total. The largest absolute Gasteiger partial charge is 0.478 e. The lowest BCUT2D eigenvalue weighted by Crippen LogP contribution is -2.29. The standard InChI is InChI=1S/C8H14N2O3/c1-6(7(11)12)4-2-3-5-10-8(9)13/h1-5H2,(H,11,12)(H3,9,10,13). The lowest BCUT2D eigenvalue weighted by atomic mass is 10.1. The van der Waals surface area contributed by atoms with Crippen molar-refractivity contribution in [2.24, 2.45) is 5.73 Å². The molecule has 0 radical (unpaired) electrons. The molecular formula is C8H14N2O3. The summed E-state index contributed by atoms with van der Waals surface area (Å²) in [6.45, 7) is 3.85. The SMILES string of the molecule is C=C(CCCCNC(N)=O)C(=O)O. The molecule has 13 heavy (non-hydrogen) atoms. The van der Waals surface area contributed by atoms with Gasteiger partial charge in [0.1, 0.15) is 0 Å². The first-order valence-corrected chi connectivity index (χ1v) is 3.98. The number of carboxylic acid groups (broad SMARTS) is 1. The van der Waals surface area contributed by atoms with Crippen molar-refractivity contribution in [3.8, 4) is 0 Å². The van der Waals surface area contributed by atoms with Crippen LogP contribution >= 0.6 is 0 Å². The van der Waals surface area contributed by atoms with Gasteiger partial charge in [0.15, 0.2) is 0 Å². The Hall–Kier alpha value is -1.52. The number of primary amides is 1. The molecule has 74 valence electrons. The molecule has 0 aliphatic rings. The van der Waals surface area contributed by atoms with Crippen molar-refractivity contribution in [3.63, 3.8) is 0 Å². The quantitative estimate of drug-likeness (QED) is 0.415. The number of hydrogen-bond acceptors (Lipinski definition) is 2. The third-order valence-corrected chi connectivity index (χ3v) is 1.51. The molecule has 0 aromatic rings. The van der Waals surface area contributed by atoms with Crippen LogP contribution in [0.4, 0.5) is 4.79 Å². The van der Waals surface area contributed by atoms with Gasteiger partial charge < -0.3 is 16.2 Å². The number of amides is 2. The first kappa shape index (κ1) is 11.5. The molecule has 4 N–H and O–H groups in total. The van der Waals surface area contributed by atoms with Crippen LogP contribution in [-0.4, -0.2) is 23.7 Å². The number of unbranched alkanes of at least 4 members (excludes halogenated alkanes) is 1. The maximum atomic E-state index is 10.3. The van der Waals surface area contributed by atoms with Gasteiger partial charge in [-0.3, -0.25) is 0 Å². The zero-order chi connectivity index (χ0) is 10.3. The fraction of sp³-hybridized carbons (Fsp3) is 0.500. The number of carboxylic acids is 1. The van der Waals surface area contributed by atoms with Gasteiger partial charge in [-0.2, -0.15) is 0 Å². The van der Waals surface area contributed by atoms with E-state index in [9.17, 15) is 9.59 Å². The van der Waals surface area contributed by atoms with Crippen LogP contribution in [0.5, 0.6) is 0 Å². The van der Waals surface area contributed by atoms with Crippen LogP contribution in [0.25, 0.3) is 0 Å². The maximum absolute atomic E-state index is 10.3. The number of nitrogens with two attached hydrogens (primary N) is 1. The number of aliphatic carboxylic acids is 1. The number of carbonyl (C=O) groups excluding carboxylic acids is 1. The Morgan fingerprint density at radius 3 is 2.46 bits per heavy atom. The lowest BCUT2D eigenvalue weighted by molar-refractivity contribution is -0.132. The van der Waals surface area contributed by atoms with Crippen LogP contribution in [0.2, 0.25) is 0 Å². The van der Waals surface area contributed by atoms with Crippen LogP contribution in [-0.2, 0) is 4.79 Å². The zero-order valence-electron chi connectivity index (χ0n) is 7.38. The minimum Gasteiger partial charge on any atom is -0.478 e. The molecule has 0 saturated carbocycles. The van der Waals surface area contributed by atoms with Crippen LogP contribution in [0, 0.1) is 0 Å². The Morgan fingerprint density at radius 1 is 1.38 bits per heavy atom. The molecule has 0 atom stereocenters. The Balaban J connectivity index is 3.31. The molecule has 0 fully saturated rings. The molecule has 0 saturated heterocycles. The van der Waals surface area contributed by atoms with E-state index in [2.05, 4.69) is 11.9 Å². The second kappa shape index (κ2) is 6.05. The minimum absolute atomic E-state index is 0.194. The summed E-state index contributed by atoms with van der Waals surface area (Å²) in [5.74, 6) is -0.970. The molecule has 0 spiro atoms. The average Bonchev–Trinajstić information content (AvgIpc) is 2.02. The van der Waals surface area contributed by atoms with E-state index in [0.717, 1.165) is 0 Å². The van der Waals surface area contributed by atoms with E-state index < -0.39 is 12.0 Å². The summed E-state index contributed by atoms with van der Waals surface area (Å²) in [7, 11) is 0. The van der Waals surface area contributed by atoms with E-state index in [1.54, 1.807) is 0 Å². The van der Waals surface area contributed by atoms with Gasteiger partial charge in [0, 0.05) is 12.1 Å². The normalized spacial score (nSPS) is 9.23. The smallest absolute Gasteiger partial charge is 0.330 e. The van der Waals surface area contributed by atoms with E-state index in [4.69, 9.17) is 10.8 Å². The first-order valence-electron chi connectivity index (χ1n) is 3.98. The molecule has 0 aliphatic heterocycles. The van der Waals surface area contributed by atoms with Crippen molar-refractivity contribution in [3.05, 3.63) is 12.2 Å². The summed E-state index contributed by atoms with van der Waals surface area (Å²) in [4.78, 5) is 20.5. The Morgan fingerprint density at radius 2 is 2.00 bits per heavy atom. The Bertz CT molecular complexity index is 213. The fourth-order valence-corrected chi connectivity index (χ4v) is 0.782. The maximum Gasteiger partial charge on any atom is 0.330 e. The summed E-state index contributed by atoms with van der Waals surface area (Å²) in [5, 5.41) is 10.8. The zero-order valence-corrected chi connectivity index (χ0v) is 7.38. The predicted molar refractivity (Wildman–Crippen MR) is 48.2 cm³/mol. The molecule has 0 rings (SSSR count). The summed E-state index contributed by atoms with van der Waals surface area (Å²) >= 11 is 0. The molecule has 5 heteroatoms. The number of nitrogens with one attached hydrogen (secondary N) is 1. The van der Waals surface area contributed by atoms with Gasteiger partial charge in [-0.05, 0) is 19.3 Å². The van der Waals surface area contributed by atoms with Crippen molar-refractivity contribution in [1.82, 2.24) is 5.32 Å². The van der Waals surface area contributed by atoms with Crippen LogP contribution in [0.1, 0.15) is 19.3 Å². The first-order chi connectivity index (χ1) is 6.04. The van der Waals surface area contributed by atoms with Gasteiger partial charge in [0.05, 0.1) is 0 Å². The number of urea groups is 1. The fourth-order valence-electron chi connectivity index (χ4n) is 0.782. The number of hydrogen-bond donors (Lipinski definition) is 3. The average molecular weight is 186 g/mol. The van der Waals surface area contributed by atoms with Crippen LogP contribution in [0.3, 0.4) is 0 Å². The number of rotatable bonds is 6. The van der Waals surface area contributed by atoms with Gasteiger partial charge in [-0.25, -0.2) is 9.59 Å². The predicted octanol–water partition coefficient (Wildman–Crippen LogP) is 0.466. The van der Waals surface area contributed by atoms with Gasteiger partial charge in [-0.1, -0.05) is 6.58 Å². The van der Waals surface area contributed by atoms with Crippen molar-refractivity contribution in [1.29, 1.82) is 0 Å². The minimum atomic E-state index is -0.970. The van der Waals surface area contributed by atoms with Crippen molar-refractivity contribution in [2.45, 2.75) is 19.3 Å². The highest BCUT2D eigenvalue weighted by Gasteiger charge is 2.02. The van der Waals surface area contributed by atoms with E-state index in [-0.39, 0.29) is 5.57 Å². The number of carbonyl (C=O) groups is 2. The van der Waals surface area contributed by atoms with Gasteiger partial charge in [0.2, 0.25) is 0 Å². The van der Waals surface area contributed by atoms with Crippen molar-refractivity contribution in [2.75, 3.05) is 6.54 Å². The second-order valence-corrected chi connectivity index (χ2v) is 2.66. The van der Waals surface area contributed by atoms with Gasteiger partial charge in [0.25, 0.3) is 0 Å². The topological polar surface area (TPSA) is 92.4 Å². The Labute approximate surface area is 76.6 Å². The van der Waals surface area contributed by atoms with Crippen molar-refractivity contribution < 1.29 is 14.7 Å². The molecule has 0 bridgehead atoms. The van der Waals surface area contributed by atoms with Crippen LogP contribution < -0.4 is 11.1 Å². The molecule has 0 unspecified atom stereocenters. The van der Waals surface area contributed by atoms with Gasteiger partial charge >= 0.3 is 12.0 Å². The Kier molecular flexibility index (Phi) is 5.34. The monoisotopic (exact) mass is 186 g/mol. The molecule has 0 aromatic heterocycles. The van der Waals surface area contributed by atoms with E-state index in [1.807, 2.05) is 0 Å². The summed E-state index contributed by atoms with van der Waals surface area (Å²) < 4.78 is 0. The third kappa shape index (κ3) is 6.86. The lowest BCUT2D eigenvalue weighted by Gasteiger charge is -2.01.